The summed E-state index contributed by atoms with van der Waals surface area (Å²) in [5, 5.41) is 8.66. The van der Waals surface area contributed by atoms with E-state index >= 15 is 0 Å². The molecule has 2 rings (SSSR count). The number of halogens is 1. The zero-order valence-electron chi connectivity index (χ0n) is 14.0. The molecule has 1 saturated heterocycles. The number of hydrogen-bond acceptors (Lipinski definition) is 2. The van der Waals surface area contributed by atoms with Crippen LogP contribution >= 0.6 is 15.9 Å². The van der Waals surface area contributed by atoms with Crippen LogP contribution in [0.1, 0.15) is 64.8 Å². The molecule has 2 heterocycles. The maximum absolute atomic E-state index is 4.77. The highest BCUT2D eigenvalue weighted by atomic mass is 79.9. The van der Waals surface area contributed by atoms with Crippen LogP contribution in [0, 0.1) is 5.92 Å². The fourth-order valence-corrected chi connectivity index (χ4v) is 4.21. The molecule has 3 nitrogen and oxygen atoms in total. The van der Waals surface area contributed by atoms with Gasteiger partial charge in [0.1, 0.15) is 0 Å². The van der Waals surface area contributed by atoms with E-state index in [2.05, 4.69) is 53.6 Å². The molecular formula is C17H30BrN3. The normalized spacial score (nSPS) is 23.5. The van der Waals surface area contributed by atoms with Gasteiger partial charge in [0.2, 0.25) is 0 Å². The van der Waals surface area contributed by atoms with Crippen LogP contribution in [-0.2, 0) is 19.4 Å². The van der Waals surface area contributed by atoms with Gasteiger partial charge in [0.05, 0.1) is 15.9 Å². The van der Waals surface area contributed by atoms with E-state index in [4.69, 9.17) is 5.10 Å². The topological polar surface area (TPSA) is 29.9 Å². The highest BCUT2D eigenvalue weighted by Crippen LogP contribution is 2.34. The van der Waals surface area contributed by atoms with Crippen molar-refractivity contribution in [2.45, 2.75) is 78.3 Å². The second-order valence-corrected chi connectivity index (χ2v) is 7.39. The maximum atomic E-state index is 4.77. The average Bonchev–Trinajstić information content (AvgIpc) is 2.66. The summed E-state index contributed by atoms with van der Waals surface area (Å²) in [5.74, 6) is 0.632. The zero-order chi connectivity index (χ0) is 15.5. The van der Waals surface area contributed by atoms with Gasteiger partial charge in [-0.15, -0.1) is 0 Å². The van der Waals surface area contributed by atoms with Gasteiger partial charge in [0.25, 0.3) is 0 Å². The van der Waals surface area contributed by atoms with E-state index in [0.29, 0.717) is 5.92 Å². The van der Waals surface area contributed by atoms with E-state index in [9.17, 15) is 0 Å². The molecule has 1 fully saturated rings. The quantitative estimate of drug-likeness (QED) is 0.851. The van der Waals surface area contributed by atoms with Crippen LogP contribution in [0.3, 0.4) is 0 Å². The lowest BCUT2D eigenvalue weighted by Gasteiger charge is -2.38. The average molecular weight is 356 g/mol. The van der Waals surface area contributed by atoms with Gasteiger partial charge >= 0.3 is 0 Å². The molecule has 1 N–H and O–H groups in total. The molecular weight excluding hydrogens is 326 g/mol. The summed E-state index contributed by atoms with van der Waals surface area (Å²) >= 11 is 3.81. The van der Waals surface area contributed by atoms with Crippen molar-refractivity contribution >= 4 is 15.9 Å². The third kappa shape index (κ3) is 3.53. The first-order chi connectivity index (χ1) is 10.0. The minimum atomic E-state index is 0.219. The van der Waals surface area contributed by atoms with Crippen molar-refractivity contribution < 1.29 is 0 Å². The molecule has 21 heavy (non-hydrogen) atoms. The first-order valence-corrected chi connectivity index (χ1v) is 9.32. The Morgan fingerprint density at radius 2 is 2.05 bits per heavy atom. The maximum Gasteiger partial charge on any atom is 0.0766 e. The minimum absolute atomic E-state index is 0.219. The molecule has 1 aliphatic heterocycles. The summed E-state index contributed by atoms with van der Waals surface area (Å²) in [6.45, 7) is 11.2. The lowest BCUT2D eigenvalue weighted by atomic mass is 9.78. The Hall–Kier alpha value is -0.350. The standard InChI is InChI=1S/C17H30BrN3/c1-5-14-16(18)15(21(6-2)20-14)12-17(13(3)4)10-8-7-9-11-19-17/h13,19H,5-12H2,1-4H3. The van der Waals surface area contributed by atoms with E-state index < -0.39 is 0 Å². The molecule has 0 aromatic carbocycles. The minimum Gasteiger partial charge on any atom is -0.311 e. The Morgan fingerprint density at radius 3 is 2.67 bits per heavy atom. The first kappa shape index (κ1) is 17.0. The monoisotopic (exact) mass is 355 g/mol. The Morgan fingerprint density at radius 1 is 1.29 bits per heavy atom. The molecule has 1 aromatic heterocycles. The van der Waals surface area contributed by atoms with Crippen LogP contribution in [0.2, 0.25) is 0 Å². The van der Waals surface area contributed by atoms with E-state index in [1.807, 2.05) is 0 Å². The van der Waals surface area contributed by atoms with Crippen LogP contribution in [0.5, 0.6) is 0 Å². The van der Waals surface area contributed by atoms with E-state index in [0.717, 1.165) is 25.9 Å². The molecule has 0 aliphatic carbocycles. The number of hydrogen-bond donors (Lipinski definition) is 1. The zero-order valence-corrected chi connectivity index (χ0v) is 15.6. The Balaban J connectivity index is 2.34. The van der Waals surface area contributed by atoms with Gasteiger partial charge in [0.15, 0.2) is 0 Å². The molecule has 4 heteroatoms. The van der Waals surface area contributed by atoms with E-state index in [1.54, 1.807) is 0 Å². The molecule has 0 amide bonds. The second kappa shape index (κ2) is 7.28. The van der Waals surface area contributed by atoms with Gasteiger partial charge in [-0.25, -0.2) is 0 Å². The molecule has 1 atom stereocenters. The van der Waals surface area contributed by atoms with Crippen LogP contribution < -0.4 is 5.32 Å². The fraction of sp³-hybridized carbons (Fsp3) is 0.824. The predicted octanol–water partition coefficient (Wildman–Crippen LogP) is 4.33. The smallest absolute Gasteiger partial charge is 0.0766 e. The molecule has 0 radical (unpaired) electrons. The largest absolute Gasteiger partial charge is 0.311 e. The molecule has 120 valence electrons. The van der Waals surface area contributed by atoms with Crippen molar-refractivity contribution in [3.63, 3.8) is 0 Å². The van der Waals surface area contributed by atoms with Crippen molar-refractivity contribution in [3.05, 3.63) is 15.9 Å². The lowest BCUT2D eigenvalue weighted by Crippen LogP contribution is -2.51. The first-order valence-electron chi connectivity index (χ1n) is 8.53. The summed E-state index contributed by atoms with van der Waals surface area (Å²) < 4.78 is 3.43. The summed E-state index contributed by atoms with van der Waals surface area (Å²) in [4.78, 5) is 0. The predicted molar refractivity (Wildman–Crippen MR) is 92.7 cm³/mol. The van der Waals surface area contributed by atoms with E-state index in [1.165, 1.54) is 41.5 Å². The van der Waals surface area contributed by atoms with Crippen LogP contribution in [0.4, 0.5) is 0 Å². The van der Waals surface area contributed by atoms with Gasteiger partial charge in [-0.2, -0.15) is 5.10 Å². The second-order valence-electron chi connectivity index (χ2n) is 6.60. The molecule has 0 saturated carbocycles. The van der Waals surface area contributed by atoms with Gasteiger partial charge in [-0.3, -0.25) is 4.68 Å². The number of nitrogens with zero attached hydrogens (tertiary/aromatic N) is 2. The van der Waals surface area contributed by atoms with Crippen molar-refractivity contribution in [2.24, 2.45) is 5.92 Å². The summed E-state index contributed by atoms with van der Waals surface area (Å²) in [6, 6.07) is 0. The Labute approximate surface area is 138 Å². The van der Waals surface area contributed by atoms with Gasteiger partial charge in [-0.1, -0.05) is 33.6 Å². The van der Waals surface area contributed by atoms with Crippen LogP contribution in [-0.4, -0.2) is 21.9 Å². The number of aryl methyl sites for hydroxylation is 2. The molecule has 1 aromatic rings. The van der Waals surface area contributed by atoms with Crippen molar-refractivity contribution in [1.82, 2.24) is 15.1 Å². The summed E-state index contributed by atoms with van der Waals surface area (Å²) in [6.07, 6.45) is 7.34. The molecule has 0 bridgehead atoms. The van der Waals surface area contributed by atoms with Gasteiger partial charge in [-0.05, 0) is 54.6 Å². The molecule has 1 aliphatic rings. The SMILES string of the molecule is CCc1nn(CC)c(CC2(C(C)C)CCCCCN2)c1Br. The highest BCUT2D eigenvalue weighted by molar-refractivity contribution is 9.10. The molecule has 0 spiro atoms. The van der Waals surface area contributed by atoms with Crippen LogP contribution in [0.15, 0.2) is 4.47 Å². The highest BCUT2D eigenvalue weighted by Gasteiger charge is 2.36. The third-order valence-electron chi connectivity index (χ3n) is 5.06. The van der Waals surface area contributed by atoms with Crippen molar-refractivity contribution in [3.8, 4) is 0 Å². The third-order valence-corrected chi connectivity index (χ3v) is 5.97. The Bertz CT molecular complexity index is 457. The summed E-state index contributed by atoms with van der Waals surface area (Å²) in [5.41, 5.74) is 2.79. The van der Waals surface area contributed by atoms with Gasteiger partial charge < -0.3 is 5.32 Å². The Kier molecular flexibility index (Phi) is 5.89. The summed E-state index contributed by atoms with van der Waals surface area (Å²) in [7, 11) is 0. The van der Waals surface area contributed by atoms with Crippen molar-refractivity contribution in [1.29, 1.82) is 0 Å². The van der Waals surface area contributed by atoms with Gasteiger partial charge in [0, 0.05) is 18.5 Å². The molecule has 1 unspecified atom stereocenters. The lowest BCUT2D eigenvalue weighted by molar-refractivity contribution is 0.221. The van der Waals surface area contributed by atoms with Crippen molar-refractivity contribution in [2.75, 3.05) is 6.54 Å². The number of nitrogens with one attached hydrogen (secondary N) is 1. The fourth-order valence-electron chi connectivity index (χ4n) is 3.50. The number of rotatable bonds is 5. The van der Waals surface area contributed by atoms with E-state index in [-0.39, 0.29) is 5.54 Å². The number of aromatic nitrogens is 2. The van der Waals surface area contributed by atoms with Crippen LogP contribution in [0.25, 0.3) is 0 Å².